The predicted molar refractivity (Wildman–Crippen MR) is 86.2 cm³/mol. The van der Waals surface area contributed by atoms with Crippen LogP contribution in [0.1, 0.15) is 17.7 Å². The van der Waals surface area contributed by atoms with Crippen molar-refractivity contribution in [3.63, 3.8) is 0 Å². The molecule has 1 N–H and O–H groups in total. The van der Waals surface area contributed by atoms with Gasteiger partial charge in [-0.05, 0) is 47.7 Å². The van der Waals surface area contributed by atoms with E-state index in [0.717, 1.165) is 18.5 Å². The Labute approximate surface area is 125 Å². The molecule has 3 aromatic rings. The van der Waals surface area contributed by atoms with E-state index in [9.17, 15) is 5.11 Å². The Bertz CT molecular complexity index is 704. The lowest BCUT2D eigenvalue weighted by atomic mass is 9.98. The molecule has 0 fully saturated rings. The van der Waals surface area contributed by atoms with Crippen LogP contribution in [0.2, 0.25) is 0 Å². The van der Waals surface area contributed by atoms with E-state index in [4.69, 9.17) is 0 Å². The first-order chi connectivity index (χ1) is 10.3. The summed E-state index contributed by atoms with van der Waals surface area (Å²) in [5, 5.41) is 12.8. The second-order valence-corrected chi connectivity index (χ2v) is 5.36. The monoisotopic (exact) mass is 277 g/mol. The lowest BCUT2D eigenvalue weighted by molar-refractivity contribution is 0.165. The van der Waals surface area contributed by atoms with E-state index in [1.807, 2.05) is 30.3 Å². The highest BCUT2D eigenvalue weighted by Gasteiger charge is 2.09. The van der Waals surface area contributed by atoms with Crippen molar-refractivity contribution < 1.29 is 5.11 Å². The summed E-state index contributed by atoms with van der Waals surface area (Å²) in [6, 6.07) is 20.5. The first-order valence-electron chi connectivity index (χ1n) is 7.37. The fourth-order valence-electron chi connectivity index (χ4n) is 2.69. The molecule has 0 amide bonds. The third-order valence-corrected chi connectivity index (χ3v) is 3.80. The second kappa shape index (κ2) is 6.51. The number of aliphatic hydroxyl groups excluding tert-OH is 1. The zero-order valence-corrected chi connectivity index (χ0v) is 11.9. The van der Waals surface area contributed by atoms with E-state index in [1.165, 1.54) is 16.3 Å². The number of pyridine rings is 1. The highest BCUT2D eigenvalue weighted by Crippen LogP contribution is 2.20. The van der Waals surface area contributed by atoms with Gasteiger partial charge < -0.3 is 5.11 Å². The Kier molecular flexibility index (Phi) is 4.27. The molecule has 2 nitrogen and oxygen atoms in total. The molecular formula is C19H19NO. The number of aliphatic hydroxyl groups is 1. The largest absolute Gasteiger partial charge is 0.393 e. The molecule has 1 aromatic heterocycles. The van der Waals surface area contributed by atoms with Crippen LogP contribution < -0.4 is 0 Å². The number of hydrogen-bond acceptors (Lipinski definition) is 2. The molecule has 21 heavy (non-hydrogen) atoms. The van der Waals surface area contributed by atoms with Gasteiger partial charge in [0, 0.05) is 11.9 Å². The van der Waals surface area contributed by atoms with Crippen LogP contribution in [0.15, 0.2) is 66.9 Å². The lowest BCUT2D eigenvalue weighted by Gasteiger charge is -2.12. The van der Waals surface area contributed by atoms with Crippen LogP contribution in [-0.4, -0.2) is 16.2 Å². The van der Waals surface area contributed by atoms with E-state index >= 15 is 0 Å². The minimum Gasteiger partial charge on any atom is -0.393 e. The molecule has 1 heterocycles. The maximum Gasteiger partial charge on any atom is 0.0584 e. The van der Waals surface area contributed by atoms with Gasteiger partial charge in [0.05, 0.1) is 6.10 Å². The standard InChI is InChI=1S/C19H19NO/c21-18(12-11-17-9-3-4-13-20-17)14-16-8-5-7-15-6-1-2-10-19(15)16/h1-10,13,18,21H,11-12,14H2. The quantitative estimate of drug-likeness (QED) is 0.770. The summed E-state index contributed by atoms with van der Waals surface area (Å²) >= 11 is 0. The van der Waals surface area contributed by atoms with Crippen LogP contribution >= 0.6 is 0 Å². The summed E-state index contributed by atoms with van der Waals surface area (Å²) in [7, 11) is 0. The Morgan fingerprint density at radius 3 is 2.57 bits per heavy atom. The van der Waals surface area contributed by atoms with Crippen molar-refractivity contribution in [2.75, 3.05) is 0 Å². The van der Waals surface area contributed by atoms with Crippen molar-refractivity contribution in [1.82, 2.24) is 4.98 Å². The summed E-state index contributed by atoms with van der Waals surface area (Å²) < 4.78 is 0. The Hall–Kier alpha value is -2.19. The van der Waals surface area contributed by atoms with Crippen LogP contribution in [0.25, 0.3) is 10.8 Å². The van der Waals surface area contributed by atoms with Gasteiger partial charge >= 0.3 is 0 Å². The molecule has 0 spiro atoms. The molecule has 2 heteroatoms. The number of fused-ring (bicyclic) bond motifs is 1. The Balaban J connectivity index is 1.67. The molecule has 0 bridgehead atoms. The van der Waals surface area contributed by atoms with Gasteiger partial charge in [0.15, 0.2) is 0 Å². The Morgan fingerprint density at radius 2 is 1.71 bits per heavy atom. The third kappa shape index (κ3) is 3.47. The van der Waals surface area contributed by atoms with E-state index in [-0.39, 0.29) is 6.10 Å². The van der Waals surface area contributed by atoms with Gasteiger partial charge in [0.2, 0.25) is 0 Å². The average Bonchev–Trinajstić information content (AvgIpc) is 2.54. The smallest absolute Gasteiger partial charge is 0.0584 e. The van der Waals surface area contributed by atoms with Gasteiger partial charge in [-0.3, -0.25) is 4.98 Å². The second-order valence-electron chi connectivity index (χ2n) is 5.36. The molecule has 3 rings (SSSR count). The average molecular weight is 277 g/mol. The van der Waals surface area contributed by atoms with Crippen molar-refractivity contribution >= 4 is 10.8 Å². The van der Waals surface area contributed by atoms with Crippen molar-refractivity contribution in [3.8, 4) is 0 Å². The number of aromatic nitrogens is 1. The minimum absolute atomic E-state index is 0.335. The van der Waals surface area contributed by atoms with Crippen LogP contribution in [-0.2, 0) is 12.8 Å². The van der Waals surface area contributed by atoms with Gasteiger partial charge in [-0.25, -0.2) is 0 Å². The van der Waals surface area contributed by atoms with Gasteiger partial charge in [-0.1, -0.05) is 48.5 Å². The zero-order valence-electron chi connectivity index (χ0n) is 11.9. The molecule has 1 unspecified atom stereocenters. The molecule has 0 saturated heterocycles. The van der Waals surface area contributed by atoms with E-state index < -0.39 is 0 Å². The van der Waals surface area contributed by atoms with Gasteiger partial charge in [-0.2, -0.15) is 0 Å². The van der Waals surface area contributed by atoms with Crippen molar-refractivity contribution in [1.29, 1.82) is 0 Å². The molecule has 2 aromatic carbocycles. The molecule has 0 aliphatic carbocycles. The predicted octanol–water partition coefficient (Wildman–Crippen LogP) is 3.77. The number of nitrogens with zero attached hydrogens (tertiary/aromatic N) is 1. The molecule has 0 radical (unpaired) electrons. The molecule has 106 valence electrons. The minimum atomic E-state index is -0.335. The molecular weight excluding hydrogens is 258 g/mol. The summed E-state index contributed by atoms with van der Waals surface area (Å²) in [4.78, 5) is 4.30. The summed E-state index contributed by atoms with van der Waals surface area (Å²) in [6.45, 7) is 0. The van der Waals surface area contributed by atoms with Crippen LogP contribution in [0.3, 0.4) is 0 Å². The van der Waals surface area contributed by atoms with Crippen LogP contribution in [0.5, 0.6) is 0 Å². The van der Waals surface area contributed by atoms with E-state index in [1.54, 1.807) is 6.20 Å². The first kappa shape index (κ1) is 13.8. The number of hydrogen-bond donors (Lipinski definition) is 1. The number of rotatable bonds is 5. The molecule has 1 atom stereocenters. The maximum absolute atomic E-state index is 10.3. The fraction of sp³-hybridized carbons (Fsp3) is 0.211. The highest BCUT2D eigenvalue weighted by molar-refractivity contribution is 5.85. The van der Waals surface area contributed by atoms with Crippen molar-refractivity contribution in [3.05, 3.63) is 78.1 Å². The SMILES string of the molecule is OC(CCc1ccccn1)Cc1cccc2ccccc12. The number of benzene rings is 2. The Morgan fingerprint density at radius 1 is 0.905 bits per heavy atom. The van der Waals surface area contributed by atoms with Crippen LogP contribution in [0, 0.1) is 0 Å². The summed E-state index contributed by atoms with van der Waals surface area (Å²) in [6.07, 6.45) is 3.70. The van der Waals surface area contributed by atoms with E-state index in [0.29, 0.717) is 6.42 Å². The van der Waals surface area contributed by atoms with Crippen molar-refractivity contribution in [2.45, 2.75) is 25.4 Å². The van der Waals surface area contributed by atoms with Crippen LogP contribution in [0.4, 0.5) is 0 Å². The topological polar surface area (TPSA) is 33.1 Å². The van der Waals surface area contributed by atoms with Crippen molar-refractivity contribution in [2.24, 2.45) is 0 Å². The summed E-state index contributed by atoms with van der Waals surface area (Å²) in [5.41, 5.74) is 2.25. The fourth-order valence-corrected chi connectivity index (χ4v) is 2.69. The molecule has 0 aliphatic rings. The normalized spacial score (nSPS) is 12.4. The van der Waals surface area contributed by atoms with Gasteiger partial charge in [0.1, 0.15) is 0 Å². The summed E-state index contributed by atoms with van der Waals surface area (Å²) in [5.74, 6) is 0. The molecule has 0 saturated carbocycles. The first-order valence-corrected chi connectivity index (χ1v) is 7.37. The third-order valence-electron chi connectivity index (χ3n) is 3.80. The number of aryl methyl sites for hydroxylation is 1. The van der Waals surface area contributed by atoms with Gasteiger partial charge in [0.25, 0.3) is 0 Å². The maximum atomic E-state index is 10.3. The van der Waals surface area contributed by atoms with Gasteiger partial charge in [-0.15, -0.1) is 0 Å². The molecule has 0 aliphatic heterocycles. The zero-order chi connectivity index (χ0) is 14.5. The highest BCUT2D eigenvalue weighted by atomic mass is 16.3. The van der Waals surface area contributed by atoms with E-state index in [2.05, 4.69) is 35.3 Å². The lowest BCUT2D eigenvalue weighted by Crippen LogP contribution is -2.12.